The van der Waals surface area contributed by atoms with Crippen LogP contribution in [0.3, 0.4) is 0 Å². The molecule has 1 aromatic heterocycles. The van der Waals surface area contributed by atoms with Crippen LogP contribution in [0, 0.1) is 0 Å². The molecule has 0 aliphatic rings. The molecule has 0 saturated heterocycles. The number of nitrogens with one attached hydrogen (secondary N) is 3. The first-order valence-electron chi connectivity index (χ1n) is 5.35. The third kappa shape index (κ3) is 4.64. The minimum Gasteiger partial charge on any atom is -0.341 e. The van der Waals surface area contributed by atoms with Crippen LogP contribution < -0.4 is 16.0 Å². The molecule has 1 aromatic rings. The monoisotopic (exact) mass is 239 g/mol. The van der Waals surface area contributed by atoms with Crippen LogP contribution in [-0.2, 0) is 11.3 Å². The number of amides is 3. The predicted molar refractivity (Wildman–Crippen MR) is 62.3 cm³/mol. The Bertz CT molecular complexity index is 363. The molecule has 3 amide bonds. The number of imide groups is 1. The number of nitrogens with zero attached hydrogens (tertiary/aromatic N) is 2. The lowest BCUT2D eigenvalue weighted by molar-refractivity contribution is -0.121. The van der Waals surface area contributed by atoms with Gasteiger partial charge < -0.3 is 15.2 Å². The highest BCUT2D eigenvalue weighted by Gasteiger charge is 2.13. The fourth-order valence-electron chi connectivity index (χ4n) is 1.20. The highest BCUT2D eigenvalue weighted by molar-refractivity contribution is 5.96. The molecule has 0 aliphatic heterocycles. The Kier molecular flexibility index (Phi) is 5.15. The van der Waals surface area contributed by atoms with Gasteiger partial charge in [0.25, 0.3) is 0 Å². The van der Waals surface area contributed by atoms with Gasteiger partial charge in [0.2, 0.25) is 5.91 Å². The molecular weight excluding hydrogens is 222 g/mol. The summed E-state index contributed by atoms with van der Waals surface area (Å²) in [6, 6.07) is -0.922. The predicted octanol–water partition coefficient (Wildman–Crippen LogP) is -0.683. The average Bonchev–Trinajstić information content (AvgIpc) is 2.81. The van der Waals surface area contributed by atoms with E-state index in [1.807, 2.05) is 10.8 Å². The van der Waals surface area contributed by atoms with Crippen molar-refractivity contribution in [1.29, 1.82) is 0 Å². The van der Waals surface area contributed by atoms with Crippen molar-refractivity contribution < 1.29 is 9.59 Å². The van der Waals surface area contributed by atoms with Crippen LogP contribution in [0.25, 0.3) is 0 Å². The lowest BCUT2D eigenvalue weighted by Crippen LogP contribution is -2.47. The Morgan fingerprint density at radius 3 is 2.82 bits per heavy atom. The quantitative estimate of drug-likeness (QED) is 0.635. The summed E-state index contributed by atoms with van der Waals surface area (Å²) >= 11 is 0. The van der Waals surface area contributed by atoms with Crippen LogP contribution in [0.2, 0.25) is 0 Å². The van der Waals surface area contributed by atoms with Gasteiger partial charge in [-0.2, -0.15) is 0 Å². The Balaban J connectivity index is 2.22. The van der Waals surface area contributed by atoms with E-state index in [1.54, 1.807) is 19.4 Å². The highest BCUT2D eigenvalue weighted by atomic mass is 16.2. The summed E-state index contributed by atoms with van der Waals surface area (Å²) in [7, 11) is 1.46. The van der Waals surface area contributed by atoms with Gasteiger partial charge in [-0.1, -0.05) is 0 Å². The average molecular weight is 239 g/mol. The Hall–Kier alpha value is -1.89. The van der Waals surface area contributed by atoms with Gasteiger partial charge in [-0.25, -0.2) is 9.78 Å². The third-order valence-electron chi connectivity index (χ3n) is 2.24. The van der Waals surface area contributed by atoms with Gasteiger partial charge in [0.05, 0.1) is 12.4 Å². The molecule has 0 spiro atoms. The second-order valence-corrected chi connectivity index (χ2v) is 3.54. The topological polar surface area (TPSA) is 88.0 Å². The Labute approximate surface area is 99.6 Å². The van der Waals surface area contributed by atoms with Crippen LogP contribution in [0.15, 0.2) is 18.7 Å². The van der Waals surface area contributed by atoms with Gasteiger partial charge in [0, 0.05) is 32.5 Å². The summed E-state index contributed by atoms with van der Waals surface area (Å²) in [6.45, 7) is 3.04. The standard InChI is InChI=1S/C10H17N5O2/c1-8(9(16)14-10(17)11-2)13-4-6-15-5-3-12-7-15/h3,5,7-8,13H,4,6H2,1-2H3,(H2,11,14,16,17). The molecule has 0 radical (unpaired) electrons. The normalized spacial score (nSPS) is 11.9. The lowest BCUT2D eigenvalue weighted by Gasteiger charge is -2.13. The van der Waals surface area contributed by atoms with E-state index in [0.29, 0.717) is 6.54 Å². The molecule has 0 aliphatic carbocycles. The molecule has 1 atom stereocenters. The minimum absolute atomic E-state index is 0.352. The number of aromatic nitrogens is 2. The molecular formula is C10H17N5O2. The first-order chi connectivity index (χ1) is 8.13. The maximum atomic E-state index is 11.5. The number of hydrogen-bond acceptors (Lipinski definition) is 4. The Morgan fingerprint density at radius 2 is 2.24 bits per heavy atom. The van der Waals surface area contributed by atoms with E-state index in [0.717, 1.165) is 6.54 Å². The first-order valence-corrected chi connectivity index (χ1v) is 5.35. The van der Waals surface area contributed by atoms with Crippen molar-refractivity contribution in [2.45, 2.75) is 19.5 Å². The van der Waals surface area contributed by atoms with Crippen molar-refractivity contribution in [2.24, 2.45) is 0 Å². The largest absolute Gasteiger partial charge is 0.341 e. The molecule has 17 heavy (non-hydrogen) atoms. The van der Waals surface area contributed by atoms with Gasteiger partial charge in [-0.3, -0.25) is 10.1 Å². The fourth-order valence-corrected chi connectivity index (χ4v) is 1.20. The summed E-state index contributed by atoms with van der Waals surface area (Å²) in [4.78, 5) is 26.3. The van der Waals surface area contributed by atoms with Crippen molar-refractivity contribution in [3.8, 4) is 0 Å². The molecule has 0 aromatic carbocycles. The van der Waals surface area contributed by atoms with Crippen LogP contribution in [-0.4, -0.2) is 41.1 Å². The second kappa shape index (κ2) is 6.64. The fraction of sp³-hybridized carbons (Fsp3) is 0.500. The zero-order valence-electron chi connectivity index (χ0n) is 9.93. The molecule has 0 bridgehead atoms. The molecule has 0 fully saturated rings. The van der Waals surface area contributed by atoms with Gasteiger partial charge in [0.15, 0.2) is 0 Å². The van der Waals surface area contributed by atoms with Crippen molar-refractivity contribution in [3.05, 3.63) is 18.7 Å². The maximum absolute atomic E-state index is 11.5. The minimum atomic E-state index is -0.502. The van der Waals surface area contributed by atoms with Crippen LogP contribution in [0.5, 0.6) is 0 Å². The van der Waals surface area contributed by atoms with E-state index in [-0.39, 0.29) is 5.91 Å². The molecule has 94 valence electrons. The van der Waals surface area contributed by atoms with Crippen LogP contribution in [0.1, 0.15) is 6.92 Å². The zero-order chi connectivity index (χ0) is 12.7. The number of carbonyl (C=O) groups excluding carboxylic acids is 2. The molecule has 7 nitrogen and oxygen atoms in total. The summed E-state index contributed by atoms with van der Waals surface area (Å²) in [6.07, 6.45) is 5.25. The molecule has 1 unspecified atom stereocenters. The number of rotatable bonds is 5. The van der Waals surface area contributed by atoms with E-state index in [1.165, 1.54) is 7.05 Å². The number of carbonyl (C=O) groups is 2. The molecule has 7 heteroatoms. The van der Waals surface area contributed by atoms with E-state index in [2.05, 4.69) is 20.9 Å². The van der Waals surface area contributed by atoms with Crippen molar-refractivity contribution in [2.75, 3.05) is 13.6 Å². The number of urea groups is 1. The summed E-state index contributed by atoms with van der Waals surface area (Å²) in [5.74, 6) is -0.352. The third-order valence-corrected chi connectivity index (χ3v) is 2.24. The van der Waals surface area contributed by atoms with E-state index < -0.39 is 12.1 Å². The van der Waals surface area contributed by atoms with Crippen molar-refractivity contribution in [1.82, 2.24) is 25.5 Å². The van der Waals surface area contributed by atoms with Crippen molar-refractivity contribution >= 4 is 11.9 Å². The SMILES string of the molecule is CNC(=O)NC(=O)C(C)NCCn1ccnc1. The van der Waals surface area contributed by atoms with Crippen LogP contribution >= 0.6 is 0 Å². The van der Waals surface area contributed by atoms with Crippen molar-refractivity contribution in [3.63, 3.8) is 0 Å². The van der Waals surface area contributed by atoms with Gasteiger partial charge in [-0.05, 0) is 6.92 Å². The lowest BCUT2D eigenvalue weighted by atomic mass is 10.3. The van der Waals surface area contributed by atoms with E-state index >= 15 is 0 Å². The molecule has 1 rings (SSSR count). The molecule has 1 heterocycles. The number of hydrogen-bond donors (Lipinski definition) is 3. The maximum Gasteiger partial charge on any atom is 0.321 e. The molecule has 3 N–H and O–H groups in total. The first kappa shape index (κ1) is 13.2. The smallest absolute Gasteiger partial charge is 0.321 e. The van der Waals surface area contributed by atoms with Crippen LogP contribution in [0.4, 0.5) is 4.79 Å². The summed E-state index contributed by atoms with van der Waals surface area (Å²) < 4.78 is 1.90. The van der Waals surface area contributed by atoms with E-state index in [9.17, 15) is 9.59 Å². The van der Waals surface area contributed by atoms with Gasteiger partial charge >= 0.3 is 6.03 Å². The zero-order valence-corrected chi connectivity index (χ0v) is 9.93. The van der Waals surface area contributed by atoms with E-state index in [4.69, 9.17) is 0 Å². The highest BCUT2D eigenvalue weighted by Crippen LogP contribution is 1.86. The Morgan fingerprint density at radius 1 is 1.47 bits per heavy atom. The summed E-state index contributed by atoms with van der Waals surface area (Å²) in [5.41, 5.74) is 0. The van der Waals surface area contributed by atoms with Gasteiger partial charge in [-0.15, -0.1) is 0 Å². The number of imidazole rings is 1. The second-order valence-electron chi connectivity index (χ2n) is 3.54. The summed E-state index contributed by atoms with van der Waals surface area (Å²) in [5, 5.41) is 7.53. The molecule has 0 saturated carbocycles. The van der Waals surface area contributed by atoms with Gasteiger partial charge in [0.1, 0.15) is 0 Å².